The van der Waals surface area contributed by atoms with Crippen molar-refractivity contribution in [2.45, 2.75) is 6.54 Å². The second kappa shape index (κ2) is 5.92. The van der Waals surface area contributed by atoms with Crippen molar-refractivity contribution < 1.29 is 9.21 Å². The first-order chi connectivity index (χ1) is 9.83. The molecule has 3 heterocycles. The van der Waals surface area contributed by atoms with Gasteiger partial charge in [-0.3, -0.25) is 9.69 Å². The highest BCUT2D eigenvalue weighted by atomic mass is 16.3. The molecule has 0 aromatic carbocycles. The molecule has 6 heteroatoms. The van der Waals surface area contributed by atoms with Crippen molar-refractivity contribution in [3.8, 4) is 0 Å². The van der Waals surface area contributed by atoms with E-state index < -0.39 is 0 Å². The van der Waals surface area contributed by atoms with Crippen LogP contribution >= 0.6 is 0 Å². The Labute approximate surface area is 117 Å². The lowest BCUT2D eigenvalue weighted by molar-refractivity contribution is 0.0602. The molecule has 1 aliphatic heterocycles. The fraction of sp³-hybridized carbons (Fsp3) is 0.429. The minimum Gasteiger partial charge on any atom is -0.459 e. The summed E-state index contributed by atoms with van der Waals surface area (Å²) in [6.45, 7) is 5.24. The lowest BCUT2D eigenvalue weighted by atomic mass is 10.3. The van der Waals surface area contributed by atoms with Crippen LogP contribution in [0.4, 0.5) is 0 Å². The maximum absolute atomic E-state index is 12.1. The van der Waals surface area contributed by atoms with Crippen molar-refractivity contribution in [2.75, 3.05) is 32.7 Å². The van der Waals surface area contributed by atoms with Crippen molar-refractivity contribution in [1.82, 2.24) is 19.4 Å². The van der Waals surface area contributed by atoms with Crippen molar-refractivity contribution in [1.29, 1.82) is 0 Å². The van der Waals surface area contributed by atoms with Gasteiger partial charge < -0.3 is 13.9 Å². The summed E-state index contributed by atoms with van der Waals surface area (Å²) >= 11 is 0. The number of furan rings is 1. The Hall–Kier alpha value is -2.08. The topological polar surface area (TPSA) is 54.5 Å². The summed E-state index contributed by atoms with van der Waals surface area (Å²) in [5, 5.41) is 0. The van der Waals surface area contributed by atoms with Crippen LogP contribution in [0.3, 0.4) is 0 Å². The molecule has 0 spiro atoms. The molecule has 1 saturated heterocycles. The molecule has 1 fully saturated rings. The van der Waals surface area contributed by atoms with Crippen LogP contribution in [0, 0.1) is 0 Å². The third-order valence-electron chi connectivity index (χ3n) is 3.63. The molecule has 6 nitrogen and oxygen atoms in total. The van der Waals surface area contributed by atoms with Gasteiger partial charge in [-0.05, 0) is 12.1 Å². The molecule has 3 rings (SSSR count). The van der Waals surface area contributed by atoms with Crippen LogP contribution < -0.4 is 0 Å². The maximum Gasteiger partial charge on any atom is 0.289 e. The molecule has 20 heavy (non-hydrogen) atoms. The number of rotatable bonds is 4. The summed E-state index contributed by atoms with van der Waals surface area (Å²) in [5.41, 5.74) is 0. The maximum atomic E-state index is 12.1. The fourth-order valence-electron chi connectivity index (χ4n) is 2.41. The fourth-order valence-corrected chi connectivity index (χ4v) is 2.41. The highest BCUT2D eigenvalue weighted by molar-refractivity contribution is 5.91. The normalized spacial score (nSPS) is 16.5. The zero-order valence-corrected chi connectivity index (χ0v) is 11.3. The van der Waals surface area contributed by atoms with E-state index in [0.717, 1.165) is 39.3 Å². The molecule has 0 unspecified atom stereocenters. The quantitative estimate of drug-likeness (QED) is 0.832. The van der Waals surface area contributed by atoms with E-state index in [2.05, 4.69) is 14.5 Å². The van der Waals surface area contributed by atoms with Gasteiger partial charge in [0.25, 0.3) is 5.91 Å². The second-order valence-corrected chi connectivity index (χ2v) is 4.91. The Morgan fingerprint density at radius 3 is 2.75 bits per heavy atom. The monoisotopic (exact) mass is 274 g/mol. The summed E-state index contributed by atoms with van der Waals surface area (Å²) in [6, 6.07) is 3.46. The highest BCUT2D eigenvalue weighted by Crippen LogP contribution is 2.09. The minimum atomic E-state index is -0.00994. The molecule has 0 bridgehead atoms. The van der Waals surface area contributed by atoms with E-state index >= 15 is 0 Å². The van der Waals surface area contributed by atoms with Gasteiger partial charge >= 0.3 is 0 Å². The Morgan fingerprint density at radius 1 is 1.25 bits per heavy atom. The summed E-state index contributed by atoms with van der Waals surface area (Å²) < 4.78 is 7.23. The van der Waals surface area contributed by atoms with Crippen molar-refractivity contribution in [3.63, 3.8) is 0 Å². The average Bonchev–Trinajstić information content (AvgIpc) is 3.18. The second-order valence-electron chi connectivity index (χ2n) is 4.91. The molecule has 0 aliphatic carbocycles. The Morgan fingerprint density at radius 2 is 2.10 bits per heavy atom. The molecule has 0 N–H and O–H groups in total. The van der Waals surface area contributed by atoms with Gasteiger partial charge in [-0.1, -0.05) is 0 Å². The van der Waals surface area contributed by atoms with Gasteiger partial charge in [-0.2, -0.15) is 0 Å². The Bertz CT molecular complexity index is 528. The molecule has 0 radical (unpaired) electrons. The summed E-state index contributed by atoms with van der Waals surface area (Å²) in [7, 11) is 0. The van der Waals surface area contributed by atoms with Crippen LogP contribution in [-0.4, -0.2) is 58.0 Å². The number of piperazine rings is 1. The first-order valence-corrected chi connectivity index (χ1v) is 6.84. The first kappa shape index (κ1) is 12.9. The Balaban J connectivity index is 1.46. The molecule has 2 aromatic rings. The zero-order valence-electron chi connectivity index (χ0n) is 11.3. The third-order valence-corrected chi connectivity index (χ3v) is 3.63. The van der Waals surface area contributed by atoms with Crippen molar-refractivity contribution in [2.24, 2.45) is 0 Å². The van der Waals surface area contributed by atoms with Gasteiger partial charge in [-0.25, -0.2) is 4.98 Å². The number of amides is 1. The molecule has 0 saturated carbocycles. The van der Waals surface area contributed by atoms with Crippen molar-refractivity contribution >= 4 is 5.91 Å². The molecule has 0 atom stereocenters. The SMILES string of the molecule is O=C(c1ccco1)N1CCN(CCn2ccnc2)CC1. The standard InChI is InChI=1S/C14H18N4O2/c19-14(13-2-1-11-20-13)18-9-7-16(8-10-18)5-6-17-4-3-15-12-17/h1-4,11-12H,5-10H2. The summed E-state index contributed by atoms with van der Waals surface area (Å²) in [5.74, 6) is 0.418. The van der Waals surface area contributed by atoms with Gasteiger partial charge in [0.2, 0.25) is 0 Å². The number of aromatic nitrogens is 2. The van der Waals surface area contributed by atoms with E-state index in [1.54, 1.807) is 18.3 Å². The number of imidazole rings is 1. The predicted molar refractivity (Wildman–Crippen MR) is 73.3 cm³/mol. The average molecular weight is 274 g/mol. The van der Waals surface area contributed by atoms with Crippen LogP contribution in [0.5, 0.6) is 0 Å². The van der Waals surface area contributed by atoms with Crippen LogP contribution in [-0.2, 0) is 6.54 Å². The lowest BCUT2D eigenvalue weighted by Crippen LogP contribution is -2.49. The smallest absolute Gasteiger partial charge is 0.289 e. The van der Waals surface area contributed by atoms with Crippen molar-refractivity contribution in [3.05, 3.63) is 42.9 Å². The molecular formula is C14H18N4O2. The van der Waals surface area contributed by atoms with E-state index in [1.807, 2.05) is 17.4 Å². The molecule has 1 aliphatic rings. The lowest BCUT2D eigenvalue weighted by Gasteiger charge is -2.34. The van der Waals surface area contributed by atoms with Crippen LogP contribution in [0.15, 0.2) is 41.5 Å². The van der Waals surface area contributed by atoms with E-state index in [9.17, 15) is 4.79 Å². The largest absolute Gasteiger partial charge is 0.459 e. The van der Waals surface area contributed by atoms with E-state index in [4.69, 9.17) is 4.42 Å². The van der Waals surface area contributed by atoms with E-state index in [0.29, 0.717) is 5.76 Å². The number of carbonyl (C=O) groups excluding carboxylic acids is 1. The van der Waals surface area contributed by atoms with Gasteiger partial charge in [0.1, 0.15) is 0 Å². The number of carbonyl (C=O) groups is 1. The predicted octanol–water partition coefficient (Wildman–Crippen LogP) is 0.934. The highest BCUT2D eigenvalue weighted by Gasteiger charge is 2.23. The van der Waals surface area contributed by atoms with Gasteiger partial charge in [0.15, 0.2) is 5.76 Å². The Kier molecular flexibility index (Phi) is 3.83. The third kappa shape index (κ3) is 2.91. The number of nitrogens with zero attached hydrogens (tertiary/aromatic N) is 4. The number of hydrogen-bond donors (Lipinski definition) is 0. The summed E-state index contributed by atoms with van der Waals surface area (Å²) in [4.78, 5) is 20.4. The first-order valence-electron chi connectivity index (χ1n) is 6.84. The van der Waals surface area contributed by atoms with Crippen LogP contribution in [0.2, 0.25) is 0 Å². The van der Waals surface area contributed by atoms with Gasteiger partial charge in [-0.15, -0.1) is 0 Å². The zero-order chi connectivity index (χ0) is 13.8. The van der Waals surface area contributed by atoms with E-state index in [1.165, 1.54) is 6.26 Å². The molecular weight excluding hydrogens is 256 g/mol. The van der Waals surface area contributed by atoms with Gasteiger partial charge in [0.05, 0.1) is 12.6 Å². The molecule has 1 amide bonds. The molecule has 106 valence electrons. The minimum absolute atomic E-state index is 0.00994. The van der Waals surface area contributed by atoms with E-state index in [-0.39, 0.29) is 5.91 Å². The van der Waals surface area contributed by atoms with Crippen LogP contribution in [0.1, 0.15) is 10.6 Å². The van der Waals surface area contributed by atoms with Gasteiger partial charge in [0, 0.05) is 51.7 Å². The summed E-state index contributed by atoms with van der Waals surface area (Å²) in [6.07, 6.45) is 7.13. The number of hydrogen-bond acceptors (Lipinski definition) is 4. The molecule has 2 aromatic heterocycles. The van der Waals surface area contributed by atoms with Crippen LogP contribution in [0.25, 0.3) is 0 Å².